The molecule has 0 aromatic heterocycles. The lowest BCUT2D eigenvalue weighted by molar-refractivity contribution is -0.343. The van der Waals surface area contributed by atoms with E-state index in [2.05, 4.69) is 0 Å². The lowest BCUT2D eigenvalue weighted by Gasteiger charge is -2.43. The van der Waals surface area contributed by atoms with Gasteiger partial charge >= 0.3 is 5.97 Å². The lowest BCUT2D eigenvalue weighted by atomic mass is 9.82. The molecule has 11 heteroatoms. The summed E-state index contributed by atoms with van der Waals surface area (Å²) in [6.45, 7) is 1.02. The van der Waals surface area contributed by atoms with E-state index in [1.807, 2.05) is 0 Å². The van der Waals surface area contributed by atoms with Crippen molar-refractivity contribution in [1.29, 1.82) is 0 Å². The first kappa shape index (κ1) is 21.4. The Morgan fingerprint density at radius 2 is 1.71 bits per heavy atom. The average molecular weight is 406 g/mol. The Morgan fingerprint density at radius 1 is 1.04 bits per heavy atom. The fraction of sp³-hybridized carbons (Fsp3) is 0.824. The van der Waals surface area contributed by atoms with Crippen molar-refractivity contribution in [2.24, 2.45) is 17.8 Å². The molecule has 6 N–H and O–H groups in total. The van der Waals surface area contributed by atoms with Crippen LogP contribution >= 0.6 is 0 Å². The molecular weight excluding hydrogens is 380 g/mol. The van der Waals surface area contributed by atoms with Crippen LogP contribution in [0.2, 0.25) is 0 Å². The molecule has 11 atom stereocenters. The fourth-order valence-corrected chi connectivity index (χ4v) is 4.16. The Hall–Kier alpha value is -1.31. The standard InChI is InChI=1S/C17H26O11/c1-5-8-9(12(21)10(5)19)6(15(24)25-2)4-26-16(8)28-17-14(23)13(22)11(20)7(3-18)27-17/h4-5,7-14,16-23H,3H2,1-2H3/t5-,7-,8-,9-,10-,11-,12-,13+,14-,16+,17+/m1/s1. The van der Waals surface area contributed by atoms with Crippen molar-refractivity contribution in [3.63, 3.8) is 0 Å². The molecule has 160 valence electrons. The van der Waals surface area contributed by atoms with E-state index >= 15 is 0 Å². The van der Waals surface area contributed by atoms with Gasteiger partial charge in [-0.15, -0.1) is 0 Å². The van der Waals surface area contributed by atoms with Crippen molar-refractivity contribution < 1.29 is 54.4 Å². The highest BCUT2D eigenvalue weighted by Gasteiger charge is 2.57. The highest BCUT2D eigenvalue weighted by molar-refractivity contribution is 5.89. The van der Waals surface area contributed by atoms with E-state index in [4.69, 9.17) is 18.9 Å². The smallest absolute Gasteiger partial charge is 0.337 e. The number of aliphatic hydroxyl groups excluding tert-OH is 6. The van der Waals surface area contributed by atoms with Gasteiger partial charge in [0.05, 0.1) is 37.8 Å². The topological polar surface area (TPSA) is 175 Å². The fourth-order valence-electron chi connectivity index (χ4n) is 4.16. The van der Waals surface area contributed by atoms with Crippen molar-refractivity contribution in [3.05, 3.63) is 11.8 Å². The van der Waals surface area contributed by atoms with E-state index in [-0.39, 0.29) is 5.57 Å². The second-order valence-corrected chi connectivity index (χ2v) is 7.35. The van der Waals surface area contributed by atoms with Gasteiger partial charge in [-0.2, -0.15) is 0 Å². The molecule has 0 aromatic carbocycles. The largest absolute Gasteiger partial charge is 0.472 e. The summed E-state index contributed by atoms with van der Waals surface area (Å²) in [7, 11) is 1.18. The molecule has 0 spiro atoms. The predicted octanol–water partition coefficient (Wildman–Crippen LogP) is -3.18. The molecule has 2 aliphatic heterocycles. The Balaban J connectivity index is 1.84. The van der Waals surface area contributed by atoms with Crippen molar-refractivity contribution in [1.82, 2.24) is 0 Å². The first-order chi connectivity index (χ1) is 13.2. The van der Waals surface area contributed by atoms with Crippen LogP contribution in [0.4, 0.5) is 0 Å². The van der Waals surface area contributed by atoms with E-state index in [0.717, 1.165) is 6.26 Å². The van der Waals surface area contributed by atoms with Crippen molar-refractivity contribution in [2.75, 3.05) is 13.7 Å². The predicted molar refractivity (Wildman–Crippen MR) is 88.0 cm³/mol. The summed E-state index contributed by atoms with van der Waals surface area (Å²) in [4.78, 5) is 12.0. The van der Waals surface area contributed by atoms with Gasteiger partial charge in [-0.25, -0.2) is 4.79 Å². The molecule has 3 rings (SSSR count). The van der Waals surface area contributed by atoms with Crippen molar-refractivity contribution >= 4 is 5.97 Å². The number of fused-ring (bicyclic) bond motifs is 1. The molecule has 2 heterocycles. The first-order valence-corrected chi connectivity index (χ1v) is 8.98. The van der Waals surface area contributed by atoms with Gasteiger partial charge in [-0.3, -0.25) is 0 Å². The van der Waals surface area contributed by atoms with E-state index in [1.165, 1.54) is 7.11 Å². The number of methoxy groups -OCH3 is 1. The normalized spacial score (nSPS) is 48.4. The van der Waals surface area contributed by atoms with E-state index in [9.17, 15) is 35.4 Å². The number of aliphatic hydroxyl groups is 6. The maximum absolute atomic E-state index is 12.0. The zero-order chi connectivity index (χ0) is 20.7. The van der Waals surface area contributed by atoms with E-state index in [1.54, 1.807) is 6.92 Å². The summed E-state index contributed by atoms with van der Waals surface area (Å²) in [5.41, 5.74) is 0.0389. The average Bonchev–Trinajstić information content (AvgIpc) is 2.92. The van der Waals surface area contributed by atoms with Gasteiger partial charge in [0.15, 0.2) is 6.29 Å². The van der Waals surface area contributed by atoms with Gasteiger partial charge in [0.25, 0.3) is 0 Å². The molecule has 3 aliphatic rings. The minimum absolute atomic E-state index is 0.0389. The second kappa shape index (κ2) is 8.20. The number of hydrogen-bond donors (Lipinski definition) is 6. The number of carbonyl (C=O) groups excluding carboxylic acids is 1. The van der Waals surface area contributed by atoms with Crippen LogP contribution in [0.25, 0.3) is 0 Å². The van der Waals surface area contributed by atoms with Crippen LogP contribution in [0, 0.1) is 17.8 Å². The van der Waals surface area contributed by atoms with Gasteiger partial charge in [-0.1, -0.05) is 6.92 Å². The van der Waals surface area contributed by atoms with Gasteiger partial charge in [0.1, 0.15) is 24.4 Å². The summed E-state index contributed by atoms with van der Waals surface area (Å²) >= 11 is 0. The van der Waals surface area contributed by atoms with Crippen LogP contribution in [0.15, 0.2) is 11.8 Å². The van der Waals surface area contributed by atoms with Crippen molar-refractivity contribution in [3.8, 4) is 0 Å². The maximum atomic E-state index is 12.0. The molecular formula is C17H26O11. The minimum atomic E-state index is -1.64. The summed E-state index contributed by atoms with van der Waals surface area (Å²) in [5, 5.41) is 59.9. The number of esters is 1. The van der Waals surface area contributed by atoms with Gasteiger partial charge in [-0.05, 0) is 5.92 Å². The van der Waals surface area contributed by atoms with Crippen LogP contribution in [0.5, 0.6) is 0 Å². The van der Waals surface area contributed by atoms with Crippen LogP contribution < -0.4 is 0 Å². The number of hydrogen-bond acceptors (Lipinski definition) is 11. The number of rotatable bonds is 4. The molecule has 0 amide bonds. The van der Waals surface area contributed by atoms with Crippen LogP contribution in [0.3, 0.4) is 0 Å². The van der Waals surface area contributed by atoms with E-state index in [0.29, 0.717) is 0 Å². The van der Waals surface area contributed by atoms with Gasteiger partial charge < -0.3 is 49.6 Å². The van der Waals surface area contributed by atoms with Gasteiger partial charge in [0, 0.05) is 11.8 Å². The molecule has 2 fully saturated rings. The molecule has 1 saturated carbocycles. The third-order valence-electron chi connectivity index (χ3n) is 5.82. The molecule has 0 aromatic rings. The quantitative estimate of drug-likeness (QED) is 0.260. The molecule has 1 saturated heterocycles. The maximum Gasteiger partial charge on any atom is 0.337 e. The van der Waals surface area contributed by atoms with Gasteiger partial charge in [0.2, 0.25) is 6.29 Å². The lowest BCUT2D eigenvalue weighted by Crippen LogP contribution is -2.60. The van der Waals surface area contributed by atoms with Crippen molar-refractivity contribution in [2.45, 2.75) is 56.1 Å². The number of ether oxygens (including phenoxy) is 4. The highest BCUT2D eigenvalue weighted by Crippen LogP contribution is 2.47. The molecule has 0 unspecified atom stereocenters. The Morgan fingerprint density at radius 3 is 2.32 bits per heavy atom. The third kappa shape index (κ3) is 3.42. The Bertz CT molecular complexity index is 608. The molecule has 11 nitrogen and oxygen atoms in total. The highest BCUT2D eigenvalue weighted by atomic mass is 16.8. The Kier molecular flexibility index (Phi) is 6.27. The Labute approximate surface area is 160 Å². The molecule has 28 heavy (non-hydrogen) atoms. The summed E-state index contributed by atoms with van der Waals surface area (Å²) in [6.07, 6.45) is -9.96. The molecule has 0 bridgehead atoms. The monoisotopic (exact) mass is 406 g/mol. The zero-order valence-corrected chi connectivity index (χ0v) is 15.4. The molecule has 0 radical (unpaired) electrons. The zero-order valence-electron chi connectivity index (χ0n) is 15.4. The number of carbonyl (C=O) groups is 1. The van der Waals surface area contributed by atoms with Crippen LogP contribution in [-0.4, -0.2) is 99.5 Å². The summed E-state index contributed by atoms with van der Waals surface area (Å²) < 4.78 is 21.1. The second-order valence-electron chi connectivity index (χ2n) is 7.35. The van der Waals surface area contributed by atoms with E-state index < -0.39 is 79.5 Å². The third-order valence-corrected chi connectivity index (χ3v) is 5.82. The SMILES string of the molecule is COC(=O)C1=CO[C@@H](O[C@@H]2O[C@H](CO)[C@@H](O)[C@H](O)[C@H]2O)[C@@H]2[C@@H](C)[C@@H](O)[C@H](O)[C@H]12. The summed E-state index contributed by atoms with van der Waals surface area (Å²) in [5.74, 6) is -2.82. The van der Waals surface area contributed by atoms with Crippen LogP contribution in [-0.2, 0) is 23.7 Å². The van der Waals surface area contributed by atoms with Crippen LogP contribution in [0.1, 0.15) is 6.92 Å². The first-order valence-electron chi connectivity index (χ1n) is 8.98. The molecule has 1 aliphatic carbocycles. The summed E-state index contributed by atoms with van der Waals surface area (Å²) in [6, 6.07) is 0. The minimum Gasteiger partial charge on any atom is -0.472 e.